The predicted octanol–water partition coefficient (Wildman–Crippen LogP) is 6.31. The van der Waals surface area contributed by atoms with Crippen LogP contribution in [0.3, 0.4) is 0 Å². The van der Waals surface area contributed by atoms with E-state index in [1.54, 1.807) is 6.07 Å². The zero-order valence-corrected chi connectivity index (χ0v) is 17.5. The summed E-state index contributed by atoms with van der Waals surface area (Å²) in [5.41, 5.74) is 4.79. The highest BCUT2D eigenvalue weighted by Crippen LogP contribution is 2.24. The van der Waals surface area contributed by atoms with E-state index in [0.717, 1.165) is 41.4 Å². The monoisotopic (exact) mass is 427 g/mol. The molecule has 5 heteroatoms. The summed E-state index contributed by atoms with van der Waals surface area (Å²) in [7, 11) is 0. The summed E-state index contributed by atoms with van der Waals surface area (Å²) in [6.45, 7) is 2.25. The van der Waals surface area contributed by atoms with Gasteiger partial charge in [-0.1, -0.05) is 65.8 Å². The van der Waals surface area contributed by atoms with Crippen LogP contribution < -0.4 is 4.74 Å². The van der Waals surface area contributed by atoms with Crippen LogP contribution in [0.15, 0.2) is 66.7 Å². The van der Waals surface area contributed by atoms with Crippen molar-refractivity contribution in [1.29, 1.82) is 0 Å². The van der Waals surface area contributed by atoms with Gasteiger partial charge in [0.2, 0.25) is 0 Å². The second-order valence-corrected chi connectivity index (χ2v) is 8.01. The van der Waals surface area contributed by atoms with E-state index in [1.165, 1.54) is 11.1 Å². The van der Waals surface area contributed by atoms with Gasteiger partial charge in [-0.3, -0.25) is 0 Å². The lowest BCUT2D eigenvalue weighted by atomic mass is 9.99. The van der Waals surface area contributed by atoms with Gasteiger partial charge in [0.25, 0.3) is 0 Å². The van der Waals surface area contributed by atoms with Gasteiger partial charge < -0.3 is 9.64 Å². The molecule has 3 aromatic carbocycles. The first-order valence-electron chi connectivity index (χ1n) is 9.13. The smallest absolute Gasteiger partial charge is 0.119 e. The van der Waals surface area contributed by atoms with Crippen molar-refractivity contribution in [3.8, 4) is 5.75 Å². The Morgan fingerprint density at radius 3 is 2.43 bits per heavy atom. The molecule has 1 aliphatic heterocycles. The molecule has 0 amide bonds. The van der Waals surface area contributed by atoms with Crippen LogP contribution in [-0.2, 0) is 19.6 Å². The van der Waals surface area contributed by atoms with Crippen molar-refractivity contribution in [2.75, 3.05) is 6.54 Å². The maximum Gasteiger partial charge on any atom is 0.119 e. The molecule has 28 heavy (non-hydrogen) atoms. The van der Waals surface area contributed by atoms with Crippen LogP contribution in [-0.4, -0.2) is 16.4 Å². The zero-order chi connectivity index (χ0) is 19.5. The van der Waals surface area contributed by atoms with Crippen molar-refractivity contribution in [2.24, 2.45) is 0 Å². The Kier molecular flexibility index (Phi) is 5.86. The second-order valence-electron chi connectivity index (χ2n) is 6.81. The third-order valence-corrected chi connectivity index (χ3v) is 6.14. The number of halogens is 2. The van der Waals surface area contributed by atoms with Gasteiger partial charge in [-0.25, -0.2) is 0 Å². The Bertz CT molecular complexity index is 1000. The molecule has 0 saturated carbocycles. The zero-order valence-electron chi connectivity index (χ0n) is 15.2. The molecule has 0 N–H and O–H groups in total. The predicted molar refractivity (Wildman–Crippen MR) is 119 cm³/mol. The summed E-state index contributed by atoms with van der Waals surface area (Å²) in [5, 5.41) is 1.08. The molecular weight excluding hydrogens is 409 g/mol. The number of rotatable bonds is 4. The van der Waals surface area contributed by atoms with Crippen LogP contribution in [0.2, 0.25) is 10.0 Å². The minimum absolute atomic E-state index is 0.434. The molecule has 0 unspecified atom stereocenters. The minimum atomic E-state index is 0.434. The molecule has 0 fully saturated rings. The second kappa shape index (κ2) is 8.52. The Labute approximate surface area is 180 Å². The molecule has 1 heterocycles. The molecule has 0 saturated heterocycles. The van der Waals surface area contributed by atoms with Gasteiger partial charge >= 0.3 is 0 Å². The van der Waals surface area contributed by atoms with Gasteiger partial charge in [0.05, 0.1) is 10.0 Å². The highest BCUT2D eigenvalue weighted by atomic mass is 35.5. The molecule has 0 aliphatic carbocycles. The van der Waals surface area contributed by atoms with E-state index in [4.69, 9.17) is 40.2 Å². The van der Waals surface area contributed by atoms with Crippen LogP contribution in [0.25, 0.3) is 0 Å². The van der Waals surface area contributed by atoms with Crippen molar-refractivity contribution in [1.82, 2.24) is 4.90 Å². The maximum atomic E-state index is 6.05. The van der Waals surface area contributed by atoms with E-state index < -0.39 is 0 Å². The molecule has 3 aromatic rings. The standard InChI is InChI=1S/C23H19Cl2NOS/c24-21-10-5-16(13-22(21)25)15-27-20-8-6-18(7-9-20)23(28)26-12-11-17-3-1-2-4-19(17)14-26/h1-10,13H,11-12,14-15H2. The molecule has 0 aromatic heterocycles. The largest absolute Gasteiger partial charge is 0.489 e. The van der Waals surface area contributed by atoms with Crippen molar-refractivity contribution >= 4 is 40.4 Å². The van der Waals surface area contributed by atoms with E-state index in [2.05, 4.69) is 29.2 Å². The van der Waals surface area contributed by atoms with E-state index in [-0.39, 0.29) is 0 Å². The average Bonchev–Trinajstić information content (AvgIpc) is 2.74. The fraction of sp³-hybridized carbons (Fsp3) is 0.174. The highest BCUT2D eigenvalue weighted by molar-refractivity contribution is 7.80. The molecule has 0 atom stereocenters. The first kappa shape index (κ1) is 19.3. The summed E-state index contributed by atoms with van der Waals surface area (Å²) in [6, 6.07) is 22.0. The van der Waals surface area contributed by atoms with Crippen molar-refractivity contribution < 1.29 is 4.74 Å². The quantitative estimate of drug-likeness (QED) is 0.452. The van der Waals surface area contributed by atoms with Gasteiger partial charge in [0.15, 0.2) is 0 Å². The summed E-state index contributed by atoms with van der Waals surface area (Å²) in [5.74, 6) is 0.793. The summed E-state index contributed by atoms with van der Waals surface area (Å²) in [6.07, 6.45) is 1.03. The fourth-order valence-electron chi connectivity index (χ4n) is 3.34. The number of ether oxygens (including phenoxy) is 1. The van der Waals surface area contributed by atoms with E-state index in [1.807, 2.05) is 36.4 Å². The lowest BCUT2D eigenvalue weighted by Gasteiger charge is -2.31. The van der Waals surface area contributed by atoms with Crippen LogP contribution in [0.5, 0.6) is 5.75 Å². The third kappa shape index (κ3) is 4.33. The van der Waals surface area contributed by atoms with Gasteiger partial charge in [0, 0.05) is 18.7 Å². The van der Waals surface area contributed by atoms with Crippen molar-refractivity contribution in [3.63, 3.8) is 0 Å². The third-order valence-electron chi connectivity index (χ3n) is 4.91. The van der Waals surface area contributed by atoms with Gasteiger partial charge in [-0.2, -0.15) is 0 Å². The van der Waals surface area contributed by atoms with Gasteiger partial charge in [-0.05, 0) is 59.5 Å². The first-order chi connectivity index (χ1) is 13.6. The molecular formula is C23H19Cl2NOS. The first-order valence-corrected chi connectivity index (χ1v) is 10.3. The summed E-state index contributed by atoms with van der Waals surface area (Å²) < 4.78 is 5.86. The molecule has 4 rings (SSSR count). The van der Waals surface area contributed by atoms with Crippen molar-refractivity contribution in [2.45, 2.75) is 19.6 Å². The lowest BCUT2D eigenvalue weighted by molar-refractivity contribution is 0.306. The summed E-state index contributed by atoms with van der Waals surface area (Å²) >= 11 is 17.7. The Morgan fingerprint density at radius 2 is 1.68 bits per heavy atom. The molecule has 0 radical (unpaired) electrons. The Hall–Kier alpha value is -2.07. The minimum Gasteiger partial charge on any atom is -0.489 e. The maximum absolute atomic E-state index is 6.05. The number of benzene rings is 3. The SMILES string of the molecule is S=C(c1ccc(OCc2ccc(Cl)c(Cl)c2)cc1)N1CCc2ccccc2C1. The lowest BCUT2D eigenvalue weighted by Crippen LogP contribution is -2.35. The molecule has 142 valence electrons. The Morgan fingerprint density at radius 1 is 0.929 bits per heavy atom. The molecule has 0 bridgehead atoms. The average molecular weight is 428 g/mol. The van der Waals surface area contributed by atoms with E-state index in [9.17, 15) is 0 Å². The summed E-state index contributed by atoms with van der Waals surface area (Å²) in [4.78, 5) is 3.15. The number of hydrogen-bond acceptors (Lipinski definition) is 2. The number of nitrogens with zero attached hydrogens (tertiary/aromatic N) is 1. The number of hydrogen-bond donors (Lipinski definition) is 0. The normalized spacial score (nSPS) is 13.1. The number of thiocarbonyl (C=S) groups is 1. The highest BCUT2D eigenvalue weighted by Gasteiger charge is 2.18. The van der Waals surface area contributed by atoms with Crippen LogP contribution in [0.4, 0.5) is 0 Å². The molecule has 2 nitrogen and oxygen atoms in total. The fourth-order valence-corrected chi connectivity index (χ4v) is 3.95. The van der Waals surface area contributed by atoms with Crippen LogP contribution in [0.1, 0.15) is 22.3 Å². The molecule has 1 aliphatic rings. The van der Waals surface area contributed by atoms with Crippen molar-refractivity contribution in [3.05, 3.63) is 99.0 Å². The number of fused-ring (bicyclic) bond motifs is 1. The van der Waals surface area contributed by atoms with Crippen LogP contribution in [0, 0.1) is 0 Å². The van der Waals surface area contributed by atoms with E-state index >= 15 is 0 Å². The Balaban J connectivity index is 1.39. The van der Waals surface area contributed by atoms with Gasteiger partial charge in [0.1, 0.15) is 17.3 Å². The topological polar surface area (TPSA) is 12.5 Å². The van der Waals surface area contributed by atoms with Crippen LogP contribution >= 0.6 is 35.4 Å². The van der Waals surface area contributed by atoms with E-state index in [0.29, 0.717) is 16.7 Å². The molecule has 0 spiro atoms. The van der Waals surface area contributed by atoms with Gasteiger partial charge in [-0.15, -0.1) is 0 Å².